The molecular formula is C21H22FN3O3. The standard InChI is InChI=1S/C21H22FN3O3/c1-14(26)23-18-6-8-19(9-7-18)24-21(28)16-12-20(27)25(13-16)11-10-15-2-4-17(22)5-3-15/h2-9,16H,10-13H2,1H3,(H,23,26)(H,24,28)/t16-/m0/s1. The van der Waals surface area contributed by atoms with Crippen molar-refractivity contribution in [1.82, 2.24) is 4.90 Å². The molecule has 1 fully saturated rings. The SMILES string of the molecule is CC(=O)Nc1ccc(NC(=O)[C@H]2CC(=O)N(CCc3ccc(F)cc3)C2)cc1. The molecule has 3 rings (SSSR count). The van der Waals surface area contributed by atoms with Crippen molar-refractivity contribution in [2.75, 3.05) is 23.7 Å². The minimum atomic E-state index is -0.407. The van der Waals surface area contributed by atoms with E-state index in [4.69, 9.17) is 0 Å². The number of likely N-dealkylation sites (tertiary alicyclic amines) is 1. The van der Waals surface area contributed by atoms with Gasteiger partial charge in [-0.15, -0.1) is 0 Å². The van der Waals surface area contributed by atoms with Crippen molar-refractivity contribution >= 4 is 29.1 Å². The van der Waals surface area contributed by atoms with Gasteiger partial charge in [-0.05, 0) is 48.4 Å². The molecule has 0 saturated carbocycles. The van der Waals surface area contributed by atoms with E-state index in [1.54, 1.807) is 41.3 Å². The van der Waals surface area contributed by atoms with E-state index in [1.165, 1.54) is 19.1 Å². The Labute approximate surface area is 162 Å². The van der Waals surface area contributed by atoms with Crippen molar-refractivity contribution in [2.45, 2.75) is 19.8 Å². The molecule has 0 radical (unpaired) electrons. The van der Waals surface area contributed by atoms with Crippen LogP contribution in [0.3, 0.4) is 0 Å². The fourth-order valence-corrected chi connectivity index (χ4v) is 3.16. The molecule has 146 valence electrons. The molecule has 28 heavy (non-hydrogen) atoms. The zero-order chi connectivity index (χ0) is 20.1. The van der Waals surface area contributed by atoms with Gasteiger partial charge in [-0.3, -0.25) is 14.4 Å². The summed E-state index contributed by atoms with van der Waals surface area (Å²) in [5, 5.41) is 5.47. The van der Waals surface area contributed by atoms with E-state index in [9.17, 15) is 18.8 Å². The lowest BCUT2D eigenvalue weighted by atomic mass is 10.1. The fraction of sp³-hybridized carbons (Fsp3) is 0.286. The van der Waals surface area contributed by atoms with E-state index in [0.29, 0.717) is 30.9 Å². The number of amides is 3. The molecule has 7 heteroatoms. The monoisotopic (exact) mass is 383 g/mol. The molecule has 6 nitrogen and oxygen atoms in total. The molecule has 1 heterocycles. The van der Waals surface area contributed by atoms with Crippen LogP contribution in [-0.2, 0) is 20.8 Å². The van der Waals surface area contributed by atoms with Crippen molar-refractivity contribution in [3.05, 3.63) is 59.9 Å². The van der Waals surface area contributed by atoms with E-state index in [2.05, 4.69) is 10.6 Å². The molecule has 0 bridgehead atoms. The highest BCUT2D eigenvalue weighted by atomic mass is 19.1. The van der Waals surface area contributed by atoms with Crippen LogP contribution in [0.2, 0.25) is 0 Å². The highest BCUT2D eigenvalue weighted by molar-refractivity contribution is 5.97. The summed E-state index contributed by atoms with van der Waals surface area (Å²) in [7, 11) is 0. The number of hydrogen-bond acceptors (Lipinski definition) is 3. The molecule has 2 aromatic rings. The summed E-state index contributed by atoms with van der Waals surface area (Å²) in [5.41, 5.74) is 2.20. The predicted molar refractivity (Wildman–Crippen MR) is 104 cm³/mol. The van der Waals surface area contributed by atoms with Crippen LogP contribution in [0.15, 0.2) is 48.5 Å². The van der Waals surface area contributed by atoms with E-state index in [-0.39, 0.29) is 30.0 Å². The number of nitrogens with one attached hydrogen (secondary N) is 2. The average Bonchev–Trinajstić information content (AvgIpc) is 3.03. The number of carbonyl (C=O) groups is 3. The lowest BCUT2D eigenvalue weighted by Gasteiger charge is -2.16. The maximum absolute atomic E-state index is 13.0. The molecule has 1 aliphatic rings. The van der Waals surface area contributed by atoms with Gasteiger partial charge in [-0.1, -0.05) is 12.1 Å². The van der Waals surface area contributed by atoms with Crippen LogP contribution < -0.4 is 10.6 Å². The molecular weight excluding hydrogens is 361 g/mol. The van der Waals surface area contributed by atoms with Gasteiger partial charge >= 0.3 is 0 Å². The minimum absolute atomic E-state index is 0.0525. The normalized spacial score (nSPS) is 16.1. The van der Waals surface area contributed by atoms with Crippen LogP contribution in [0.25, 0.3) is 0 Å². The molecule has 3 amide bonds. The number of rotatable bonds is 6. The number of benzene rings is 2. The molecule has 0 unspecified atom stereocenters. The first-order valence-corrected chi connectivity index (χ1v) is 9.11. The Morgan fingerprint density at radius 2 is 1.64 bits per heavy atom. The number of nitrogens with zero attached hydrogens (tertiary/aromatic N) is 1. The first-order valence-electron chi connectivity index (χ1n) is 9.11. The molecule has 0 aromatic heterocycles. The van der Waals surface area contributed by atoms with Gasteiger partial charge in [-0.25, -0.2) is 4.39 Å². The third kappa shape index (κ3) is 5.16. The Hall–Kier alpha value is -3.22. The smallest absolute Gasteiger partial charge is 0.229 e. The van der Waals surface area contributed by atoms with Gasteiger partial charge in [0.2, 0.25) is 17.7 Å². The lowest BCUT2D eigenvalue weighted by Crippen LogP contribution is -2.30. The largest absolute Gasteiger partial charge is 0.342 e. The Bertz CT molecular complexity index is 865. The fourth-order valence-electron chi connectivity index (χ4n) is 3.16. The predicted octanol–water partition coefficient (Wildman–Crippen LogP) is 2.81. The van der Waals surface area contributed by atoms with Crippen molar-refractivity contribution in [1.29, 1.82) is 0 Å². The summed E-state index contributed by atoms with van der Waals surface area (Å²) in [4.78, 5) is 37.4. The molecule has 1 saturated heterocycles. The zero-order valence-electron chi connectivity index (χ0n) is 15.6. The average molecular weight is 383 g/mol. The molecule has 1 atom stereocenters. The van der Waals surface area contributed by atoms with Crippen LogP contribution in [0, 0.1) is 11.7 Å². The van der Waals surface area contributed by atoms with Crippen LogP contribution >= 0.6 is 0 Å². The van der Waals surface area contributed by atoms with Crippen molar-refractivity contribution < 1.29 is 18.8 Å². The van der Waals surface area contributed by atoms with Crippen LogP contribution in [0.1, 0.15) is 18.9 Å². The molecule has 0 aliphatic carbocycles. The van der Waals surface area contributed by atoms with Gasteiger partial charge in [0.25, 0.3) is 0 Å². The number of hydrogen-bond donors (Lipinski definition) is 2. The lowest BCUT2D eigenvalue weighted by molar-refractivity contribution is -0.128. The van der Waals surface area contributed by atoms with Crippen LogP contribution in [-0.4, -0.2) is 35.7 Å². The maximum atomic E-state index is 13.0. The Kier molecular flexibility index (Phi) is 6.03. The second-order valence-corrected chi connectivity index (χ2v) is 6.87. The summed E-state index contributed by atoms with van der Waals surface area (Å²) < 4.78 is 13.0. The third-order valence-corrected chi connectivity index (χ3v) is 4.64. The van der Waals surface area contributed by atoms with Crippen molar-refractivity contribution in [2.24, 2.45) is 5.92 Å². The highest BCUT2D eigenvalue weighted by Gasteiger charge is 2.34. The van der Waals surface area contributed by atoms with Gasteiger partial charge in [0.1, 0.15) is 5.82 Å². The summed E-state index contributed by atoms with van der Waals surface area (Å²) in [6, 6.07) is 13.0. The van der Waals surface area contributed by atoms with Gasteiger partial charge in [-0.2, -0.15) is 0 Å². The van der Waals surface area contributed by atoms with E-state index in [1.807, 2.05) is 0 Å². The summed E-state index contributed by atoms with van der Waals surface area (Å²) in [5.74, 6) is -1.12. The van der Waals surface area contributed by atoms with Gasteiger partial charge in [0.15, 0.2) is 0 Å². The quantitative estimate of drug-likeness (QED) is 0.805. The van der Waals surface area contributed by atoms with Gasteiger partial charge in [0.05, 0.1) is 5.92 Å². The minimum Gasteiger partial charge on any atom is -0.342 e. The van der Waals surface area contributed by atoms with Crippen molar-refractivity contribution in [3.63, 3.8) is 0 Å². The second-order valence-electron chi connectivity index (χ2n) is 6.87. The number of anilines is 2. The Morgan fingerprint density at radius 1 is 1.04 bits per heavy atom. The van der Waals surface area contributed by atoms with E-state index < -0.39 is 5.92 Å². The molecule has 2 N–H and O–H groups in total. The Morgan fingerprint density at radius 3 is 2.25 bits per heavy atom. The van der Waals surface area contributed by atoms with Crippen LogP contribution in [0.5, 0.6) is 0 Å². The number of halogens is 1. The van der Waals surface area contributed by atoms with Crippen molar-refractivity contribution in [3.8, 4) is 0 Å². The first-order chi connectivity index (χ1) is 13.4. The molecule has 2 aromatic carbocycles. The summed E-state index contributed by atoms with van der Waals surface area (Å²) >= 11 is 0. The number of carbonyl (C=O) groups excluding carboxylic acids is 3. The van der Waals surface area contributed by atoms with Gasteiger partial charge < -0.3 is 15.5 Å². The zero-order valence-corrected chi connectivity index (χ0v) is 15.6. The maximum Gasteiger partial charge on any atom is 0.229 e. The topological polar surface area (TPSA) is 78.5 Å². The molecule has 0 spiro atoms. The Balaban J connectivity index is 1.51. The second kappa shape index (κ2) is 8.65. The first kappa shape index (κ1) is 19.5. The summed E-state index contributed by atoms with van der Waals surface area (Å²) in [6.07, 6.45) is 0.796. The van der Waals surface area contributed by atoms with E-state index >= 15 is 0 Å². The molecule has 1 aliphatic heterocycles. The third-order valence-electron chi connectivity index (χ3n) is 4.64. The highest BCUT2D eigenvalue weighted by Crippen LogP contribution is 2.21. The van der Waals surface area contributed by atoms with Gasteiger partial charge in [0, 0.05) is 37.8 Å². The van der Waals surface area contributed by atoms with E-state index in [0.717, 1.165) is 5.56 Å². The summed E-state index contributed by atoms with van der Waals surface area (Å²) in [6.45, 7) is 2.30. The van der Waals surface area contributed by atoms with Crippen LogP contribution in [0.4, 0.5) is 15.8 Å².